The SMILES string of the molecule is CC(C)(C)OC(=O)NC1CCC(NC(C2CC2)C2CC2)CC1. The number of carbonyl (C=O) groups excluding carboxylic acids is 1. The summed E-state index contributed by atoms with van der Waals surface area (Å²) in [5.41, 5.74) is -0.412. The third kappa shape index (κ3) is 4.87. The molecule has 0 spiro atoms. The lowest BCUT2D eigenvalue weighted by atomic mass is 9.90. The second kappa shape index (κ2) is 6.38. The lowest BCUT2D eigenvalue weighted by Crippen LogP contribution is -2.47. The van der Waals surface area contributed by atoms with Gasteiger partial charge in [0.05, 0.1) is 0 Å². The lowest BCUT2D eigenvalue weighted by Gasteiger charge is -2.33. The van der Waals surface area contributed by atoms with Crippen LogP contribution in [-0.2, 0) is 4.74 Å². The van der Waals surface area contributed by atoms with Crippen molar-refractivity contribution in [1.29, 1.82) is 0 Å². The van der Waals surface area contributed by atoms with Crippen LogP contribution in [0.1, 0.15) is 72.1 Å². The number of alkyl carbamates (subject to hydrolysis) is 1. The zero-order valence-electron chi connectivity index (χ0n) is 14.4. The summed E-state index contributed by atoms with van der Waals surface area (Å²) in [6.07, 6.45) is 9.96. The molecule has 0 aromatic rings. The van der Waals surface area contributed by atoms with Crippen molar-refractivity contribution in [1.82, 2.24) is 10.6 Å². The van der Waals surface area contributed by atoms with E-state index < -0.39 is 5.60 Å². The van der Waals surface area contributed by atoms with Gasteiger partial charge in [-0.2, -0.15) is 0 Å². The minimum Gasteiger partial charge on any atom is -0.444 e. The number of nitrogens with one attached hydrogen (secondary N) is 2. The first-order chi connectivity index (χ1) is 10.4. The average molecular weight is 308 g/mol. The summed E-state index contributed by atoms with van der Waals surface area (Å²) < 4.78 is 5.35. The van der Waals surface area contributed by atoms with Crippen molar-refractivity contribution in [2.24, 2.45) is 11.8 Å². The third-order valence-electron chi connectivity index (χ3n) is 5.14. The summed E-state index contributed by atoms with van der Waals surface area (Å²) in [7, 11) is 0. The first kappa shape index (κ1) is 16.1. The summed E-state index contributed by atoms with van der Waals surface area (Å²) in [5, 5.41) is 6.98. The highest BCUT2D eigenvalue weighted by molar-refractivity contribution is 5.68. The molecule has 3 aliphatic rings. The number of amides is 1. The molecule has 126 valence electrons. The quantitative estimate of drug-likeness (QED) is 0.816. The molecule has 0 aliphatic heterocycles. The van der Waals surface area contributed by atoms with Crippen LogP contribution in [0.3, 0.4) is 0 Å². The molecule has 3 rings (SSSR count). The second-order valence-corrected chi connectivity index (χ2v) is 8.56. The summed E-state index contributed by atoms with van der Waals surface area (Å²) in [4.78, 5) is 11.8. The van der Waals surface area contributed by atoms with Crippen LogP contribution < -0.4 is 10.6 Å². The summed E-state index contributed by atoms with van der Waals surface area (Å²) >= 11 is 0. The van der Waals surface area contributed by atoms with Gasteiger partial charge >= 0.3 is 6.09 Å². The Morgan fingerprint density at radius 1 is 0.909 bits per heavy atom. The van der Waals surface area contributed by atoms with E-state index in [2.05, 4.69) is 10.6 Å². The van der Waals surface area contributed by atoms with Crippen LogP contribution in [0, 0.1) is 11.8 Å². The minimum absolute atomic E-state index is 0.266. The van der Waals surface area contributed by atoms with Gasteiger partial charge in [-0.1, -0.05) is 0 Å². The van der Waals surface area contributed by atoms with Crippen molar-refractivity contribution in [3.63, 3.8) is 0 Å². The number of rotatable bonds is 5. The molecule has 0 atom stereocenters. The molecule has 0 aromatic carbocycles. The molecule has 0 heterocycles. The Balaban J connectivity index is 1.37. The monoisotopic (exact) mass is 308 g/mol. The van der Waals surface area contributed by atoms with Crippen LogP contribution in [0.15, 0.2) is 0 Å². The van der Waals surface area contributed by atoms with E-state index in [1.807, 2.05) is 20.8 Å². The van der Waals surface area contributed by atoms with Gasteiger partial charge in [0.1, 0.15) is 5.60 Å². The largest absolute Gasteiger partial charge is 0.444 e. The molecule has 22 heavy (non-hydrogen) atoms. The fraction of sp³-hybridized carbons (Fsp3) is 0.944. The van der Waals surface area contributed by atoms with Crippen LogP contribution in [-0.4, -0.2) is 29.8 Å². The smallest absolute Gasteiger partial charge is 0.407 e. The summed E-state index contributed by atoms with van der Waals surface area (Å²) in [6.45, 7) is 5.72. The first-order valence-corrected chi connectivity index (χ1v) is 9.16. The Kier molecular flexibility index (Phi) is 4.67. The zero-order chi connectivity index (χ0) is 15.7. The van der Waals surface area contributed by atoms with Crippen molar-refractivity contribution < 1.29 is 9.53 Å². The maximum absolute atomic E-state index is 11.8. The molecule has 4 heteroatoms. The Bertz CT molecular complexity index is 376. The van der Waals surface area contributed by atoms with E-state index >= 15 is 0 Å². The molecule has 0 saturated heterocycles. The van der Waals surface area contributed by atoms with Gasteiger partial charge in [-0.15, -0.1) is 0 Å². The van der Waals surface area contributed by atoms with Crippen LogP contribution >= 0.6 is 0 Å². The maximum Gasteiger partial charge on any atom is 0.407 e. The summed E-state index contributed by atoms with van der Waals surface area (Å²) in [5.74, 6) is 1.93. The fourth-order valence-electron chi connectivity index (χ4n) is 3.72. The Hall–Kier alpha value is -0.770. The first-order valence-electron chi connectivity index (χ1n) is 9.16. The van der Waals surface area contributed by atoms with E-state index in [0.29, 0.717) is 6.04 Å². The van der Waals surface area contributed by atoms with Gasteiger partial charge in [0.2, 0.25) is 0 Å². The van der Waals surface area contributed by atoms with Crippen molar-refractivity contribution in [3.05, 3.63) is 0 Å². The van der Waals surface area contributed by atoms with Crippen molar-refractivity contribution >= 4 is 6.09 Å². The van der Waals surface area contributed by atoms with Gasteiger partial charge in [0, 0.05) is 18.1 Å². The molecule has 2 N–H and O–H groups in total. The predicted octanol–water partition coefficient (Wildman–Crippen LogP) is 3.60. The van der Waals surface area contributed by atoms with Crippen molar-refractivity contribution in [3.8, 4) is 0 Å². The van der Waals surface area contributed by atoms with E-state index in [0.717, 1.165) is 30.7 Å². The lowest BCUT2D eigenvalue weighted by molar-refractivity contribution is 0.0489. The highest BCUT2D eigenvalue weighted by Crippen LogP contribution is 2.45. The van der Waals surface area contributed by atoms with Gasteiger partial charge in [-0.25, -0.2) is 4.79 Å². The predicted molar refractivity (Wildman–Crippen MR) is 87.8 cm³/mol. The minimum atomic E-state index is -0.412. The normalized spacial score (nSPS) is 29.5. The Labute approximate surface area is 134 Å². The Morgan fingerprint density at radius 3 is 1.86 bits per heavy atom. The average Bonchev–Trinajstić information content (AvgIpc) is 3.28. The van der Waals surface area contributed by atoms with E-state index in [1.54, 1.807) is 0 Å². The van der Waals surface area contributed by atoms with Crippen LogP contribution in [0.2, 0.25) is 0 Å². The molecule has 0 bridgehead atoms. The number of carbonyl (C=O) groups is 1. The van der Waals surface area contributed by atoms with Gasteiger partial charge < -0.3 is 15.4 Å². The molecular formula is C18H32N2O2. The van der Waals surface area contributed by atoms with Crippen molar-refractivity contribution in [2.75, 3.05) is 0 Å². The molecule has 0 radical (unpaired) electrons. The number of hydrogen-bond acceptors (Lipinski definition) is 3. The molecule has 3 aliphatic carbocycles. The van der Waals surface area contributed by atoms with Gasteiger partial charge in [0.25, 0.3) is 0 Å². The fourth-order valence-corrected chi connectivity index (χ4v) is 3.72. The molecule has 4 nitrogen and oxygen atoms in total. The van der Waals surface area contributed by atoms with E-state index in [1.165, 1.54) is 38.5 Å². The van der Waals surface area contributed by atoms with Gasteiger partial charge in [-0.05, 0) is 84.0 Å². The van der Waals surface area contributed by atoms with E-state index in [4.69, 9.17) is 4.74 Å². The van der Waals surface area contributed by atoms with E-state index in [9.17, 15) is 4.79 Å². The Morgan fingerprint density at radius 2 is 1.41 bits per heavy atom. The molecule has 3 saturated carbocycles. The molecule has 1 amide bonds. The third-order valence-corrected chi connectivity index (χ3v) is 5.14. The highest BCUT2D eigenvalue weighted by atomic mass is 16.6. The maximum atomic E-state index is 11.8. The number of hydrogen-bond donors (Lipinski definition) is 2. The molecular weight excluding hydrogens is 276 g/mol. The van der Waals surface area contributed by atoms with Crippen molar-refractivity contribution in [2.45, 2.75) is 95.9 Å². The topological polar surface area (TPSA) is 50.4 Å². The molecule has 0 aromatic heterocycles. The highest BCUT2D eigenvalue weighted by Gasteiger charge is 2.42. The zero-order valence-corrected chi connectivity index (χ0v) is 14.4. The standard InChI is InChI=1S/C18H32N2O2/c1-18(2,3)22-17(21)20-15-10-8-14(9-11-15)19-16(12-4-5-12)13-6-7-13/h12-16,19H,4-11H2,1-3H3,(H,20,21). The van der Waals surface area contributed by atoms with E-state index in [-0.39, 0.29) is 12.1 Å². The van der Waals surface area contributed by atoms with Crippen LogP contribution in [0.4, 0.5) is 4.79 Å². The molecule has 3 fully saturated rings. The van der Waals surface area contributed by atoms with Crippen LogP contribution in [0.5, 0.6) is 0 Å². The van der Waals surface area contributed by atoms with Gasteiger partial charge in [0.15, 0.2) is 0 Å². The van der Waals surface area contributed by atoms with Gasteiger partial charge in [-0.3, -0.25) is 0 Å². The molecule has 0 unspecified atom stereocenters. The number of ether oxygens (including phenoxy) is 1. The second-order valence-electron chi connectivity index (χ2n) is 8.56. The summed E-state index contributed by atoms with van der Waals surface area (Å²) in [6, 6.07) is 1.73. The van der Waals surface area contributed by atoms with Crippen LogP contribution in [0.25, 0.3) is 0 Å².